The monoisotopic (exact) mass is 275 g/mol. The highest BCUT2D eigenvalue weighted by atomic mass is 32.2. The third-order valence-electron chi connectivity index (χ3n) is 3.94. The minimum atomic E-state index is -3.15. The molecule has 5 nitrogen and oxygen atoms in total. The van der Waals surface area contributed by atoms with E-state index >= 15 is 0 Å². The first-order chi connectivity index (χ1) is 8.47. The lowest BCUT2D eigenvalue weighted by Crippen LogP contribution is -2.61. The molecule has 1 saturated heterocycles. The molecule has 1 saturated carbocycles. The number of carbonyl (C=O) groups excluding carboxylic acids is 1. The van der Waals surface area contributed by atoms with Gasteiger partial charge in [-0.25, -0.2) is 8.42 Å². The summed E-state index contributed by atoms with van der Waals surface area (Å²) in [7, 11) is -1.83. The normalized spacial score (nSPS) is 32.3. The van der Waals surface area contributed by atoms with Crippen molar-refractivity contribution in [2.75, 3.05) is 18.6 Å². The summed E-state index contributed by atoms with van der Waals surface area (Å²) in [4.78, 5) is 12.0. The first kappa shape index (κ1) is 13.8. The number of sulfone groups is 1. The Bertz CT molecular complexity index is 414. The minimum Gasteiger partial charge on any atom is -0.468 e. The molecular weight excluding hydrogens is 254 g/mol. The summed E-state index contributed by atoms with van der Waals surface area (Å²) in [6, 6.07) is 0.248. The molecule has 2 aliphatic rings. The Morgan fingerprint density at radius 2 is 1.94 bits per heavy atom. The molecular formula is C12H21NO4S. The summed E-state index contributed by atoms with van der Waals surface area (Å²) < 4.78 is 28.5. The number of rotatable bonds is 3. The van der Waals surface area contributed by atoms with E-state index in [-0.39, 0.29) is 17.5 Å². The van der Waals surface area contributed by atoms with Crippen LogP contribution in [-0.4, -0.2) is 44.6 Å². The van der Waals surface area contributed by atoms with Gasteiger partial charge in [-0.3, -0.25) is 10.1 Å². The van der Waals surface area contributed by atoms with Gasteiger partial charge in [-0.05, 0) is 25.7 Å². The molecule has 1 atom stereocenters. The van der Waals surface area contributed by atoms with Gasteiger partial charge in [-0.1, -0.05) is 12.8 Å². The lowest BCUT2D eigenvalue weighted by molar-refractivity contribution is -0.148. The Labute approximate surface area is 108 Å². The van der Waals surface area contributed by atoms with Crippen molar-refractivity contribution in [3.05, 3.63) is 0 Å². The van der Waals surface area contributed by atoms with Crippen LogP contribution in [0.4, 0.5) is 0 Å². The van der Waals surface area contributed by atoms with Crippen LogP contribution in [0.5, 0.6) is 0 Å². The molecule has 0 aromatic carbocycles. The van der Waals surface area contributed by atoms with Crippen molar-refractivity contribution in [2.24, 2.45) is 0 Å². The van der Waals surface area contributed by atoms with E-state index in [1.165, 1.54) is 7.11 Å². The molecule has 0 amide bonds. The van der Waals surface area contributed by atoms with Crippen LogP contribution in [0.2, 0.25) is 0 Å². The molecule has 1 heterocycles. The highest BCUT2D eigenvalue weighted by Gasteiger charge is 2.47. The molecule has 1 aliphatic carbocycles. The van der Waals surface area contributed by atoms with Gasteiger partial charge >= 0.3 is 5.97 Å². The average Bonchev–Trinajstić information content (AvgIpc) is 2.79. The van der Waals surface area contributed by atoms with Gasteiger partial charge in [0.05, 0.1) is 18.6 Å². The van der Waals surface area contributed by atoms with Gasteiger partial charge in [0.15, 0.2) is 9.84 Å². The van der Waals surface area contributed by atoms with Crippen molar-refractivity contribution < 1.29 is 17.9 Å². The van der Waals surface area contributed by atoms with E-state index in [4.69, 9.17) is 4.74 Å². The maximum Gasteiger partial charge on any atom is 0.327 e. The van der Waals surface area contributed by atoms with Crippen LogP contribution in [0.15, 0.2) is 0 Å². The van der Waals surface area contributed by atoms with Crippen molar-refractivity contribution in [2.45, 2.75) is 50.1 Å². The van der Waals surface area contributed by atoms with Gasteiger partial charge in [0.25, 0.3) is 0 Å². The number of hydrogen-bond acceptors (Lipinski definition) is 5. The van der Waals surface area contributed by atoms with E-state index in [9.17, 15) is 13.2 Å². The summed E-state index contributed by atoms with van der Waals surface area (Å²) >= 11 is 0. The molecule has 1 unspecified atom stereocenters. The average molecular weight is 275 g/mol. The summed E-state index contributed by atoms with van der Waals surface area (Å²) in [5.74, 6) is -0.376. The topological polar surface area (TPSA) is 72.5 Å². The maximum absolute atomic E-state index is 12.0. The van der Waals surface area contributed by atoms with E-state index in [0.717, 1.165) is 25.7 Å². The highest BCUT2D eigenvalue weighted by Crippen LogP contribution is 2.28. The molecule has 0 bridgehead atoms. The van der Waals surface area contributed by atoms with E-state index < -0.39 is 21.3 Å². The summed E-state index contributed by atoms with van der Waals surface area (Å²) in [5, 5.41) is 3.28. The van der Waals surface area contributed by atoms with Gasteiger partial charge in [-0.2, -0.15) is 0 Å². The first-order valence-electron chi connectivity index (χ1n) is 6.54. The van der Waals surface area contributed by atoms with Crippen molar-refractivity contribution in [1.82, 2.24) is 5.32 Å². The number of methoxy groups -OCH3 is 1. The molecule has 2 fully saturated rings. The Hall–Kier alpha value is -0.620. The molecule has 0 aromatic heterocycles. The summed E-state index contributed by atoms with van der Waals surface area (Å²) in [5.41, 5.74) is -1.01. The molecule has 1 aliphatic heterocycles. The van der Waals surface area contributed by atoms with E-state index in [2.05, 4.69) is 5.32 Å². The van der Waals surface area contributed by atoms with Crippen LogP contribution in [-0.2, 0) is 19.4 Å². The molecule has 1 N–H and O–H groups in total. The highest BCUT2D eigenvalue weighted by molar-refractivity contribution is 7.91. The quantitative estimate of drug-likeness (QED) is 0.765. The van der Waals surface area contributed by atoms with E-state index in [0.29, 0.717) is 12.8 Å². The molecule has 6 heteroatoms. The van der Waals surface area contributed by atoms with Crippen LogP contribution in [0.25, 0.3) is 0 Å². The largest absolute Gasteiger partial charge is 0.468 e. The van der Waals surface area contributed by atoms with E-state index in [1.807, 2.05) is 0 Å². The van der Waals surface area contributed by atoms with Crippen molar-refractivity contribution >= 4 is 15.8 Å². The lowest BCUT2D eigenvalue weighted by atomic mass is 9.94. The molecule has 0 aromatic rings. The van der Waals surface area contributed by atoms with Crippen LogP contribution >= 0.6 is 0 Å². The van der Waals surface area contributed by atoms with Gasteiger partial charge in [0.2, 0.25) is 0 Å². The third kappa shape index (κ3) is 2.85. The fourth-order valence-electron chi connectivity index (χ4n) is 3.10. The first-order valence-corrected chi connectivity index (χ1v) is 8.36. The van der Waals surface area contributed by atoms with Crippen molar-refractivity contribution in [3.63, 3.8) is 0 Å². The zero-order valence-electron chi connectivity index (χ0n) is 10.8. The smallest absolute Gasteiger partial charge is 0.327 e. The van der Waals surface area contributed by atoms with E-state index in [1.54, 1.807) is 0 Å². The molecule has 0 radical (unpaired) electrons. The second kappa shape index (κ2) is 5.17. The van der Waals surface area contributed by atoms with Crippen molar-refractivity contribution in [3.8, 4) is 0 Å². The predicted molar refractivity (Wildman–Crippen MR) is 68.0 cm³/mol. The van der Waals surface area contributed by atoms with Crippen molar-refractivity contribution in [1.29, 1.82) is 0 Å². The Morgan fingerprint density at radius 3 is 2.50 bits per heavy atom. The fraction of sp³-hybridized carbons (Fsp3) is 0.917. The second-order valence-corrected chi connectivity index (χ2v) is 7.58. The predicted octanol–water partition coefficient (Wildman–Crippen LogP) is 0.639. The Morgan fingerprint density at radius 1 is 1.28 bits per heavy atom. The van der Waals surface area contributed by atoms with Crippen LogP contribution in [0, 0.1) is 0 Å². The van der Waals surface area contributed by atoms with Crippen LogP contribution in [0.1, 0.15) is 38.5 Å². The molecule has 0 spiro atoms. The SMILES string of the molecule is COC(=O)C1(NC2CCCC2)CCCS(=O)(=O)C1. The number of ether oxygens (including phenoxy) is 1. The molecule has 18 heavy (non-hydrogen) atoms. The van der Waals surface area contributed by atoms with Gasteiger partial charge < -0.3 is 4.74 Å². The second-order valence-electron chi connectivity index (χ2n) is 5.39. The lowest BCUT2D eigenvalue weighted by Gasteiger charge is -2.37. The zero-order chi connectivity index (χ0) is 13.2. The summed E-state index contributed by atoms with van der Waals surface area (Å²) in [6.07, 6.45) is 5.38. The number of nitrogens with one attached hydrogen (secondary N) is 1. The van der Waals surface area contributed by atoms with Gasteiger partial charge in [0, 0.05) is 6.04 Å². The maximum atomic E-state index is 12.0. The van der Waals surface area contributed by atoms with Gasteiger partial charge in [0.1, 0.15) is 5.54 Å². The summed E-state index contributed by atoms with van der Waals surface area (Å²) in [6.45, 7) is 0. The Kier molecular flexibility index (Phi) is 3.96. The standard InChI is InChI=1S/C12H21NO4S/c1-17-11(14)12(13-10-5-2-3-6-10)7-4-8-18(15,16)9-12/h10,13H,2-9H2,1H3. The molecule has 104 valence electrons. The Balaban J connectivity index is 2.19. The number of hydrogen-bond donors (Lipinski definition) is 1. The van der Waals surface area contributed by atoms with Crippen LogP contribution < -0.4 is 5.32 Å². The van der Waals surface area contributed by atoms with Gasteiger partial charge in [-0.15, -0.1) is 0 Å². The minimum absolute atomic E-state index is 0.122. The number of carbonyl (C=O) groups is 1. The number of esters is 1. The third-order valence-corrected chi connectivity index (χ3v) is 5.78. The zero-order valence-corrected chi connectivity index (χ0v) is 11.6. The van der Waals surface area contributed by atoms with Crippen LogP contribution in [0.3, 0.4) is 0 Å². The fourth-order valence-corrected chi connectivity index (χ4v) is 4.93. The molecule has 2 rings (SSSR count).